The highest BCUT2D eigenvalue weighted by atomic mass is 16.7. The molecule has 3 aromatic rings. The first-order valence-electron chi connectivity index (χ1n) is 21.3. The van der Waals surface area contributed by atoms with Crippen LogP contribution in [-0.2, 0) is 45.8 Å². The van der Waals surface area contributed by atoms with Crippen LogP contribution >= 0.6 is 0 Å². The topological polar surface area (TPSA) is 154 Å². The number of carbonyl (C=O) groups excluding carboxylic acids is 3. The molecule has 1 aliphatic carbocycles. The average molecular weight is 811 g/mol. The van der Waals surface area contributed by atoms with Gasteiger partial charge in [0.2, 0.25) is 0 Å². The Balaban J connectivity index is 1.36. The Morgan fingerprint density at radius 1 is 0.966 bits per heavy atom. The Kier molecular flexibility index (Phi) is 9.36. The summed E-state index contributed by atoms with van der Waals surface area (Å²) < 4.78 is 24.6. The van der Waals surface area contributed by atoms with Gasteiger partial charge < -0.3 is 39.0 Å². The smallest absolute Gasteiger partial charge is 0.322 e. The average Bonchev–Trinajstić information content (AvgIpc) is 3.87. The number of aromatic amines is 1. The van der Waals surface area contributed by atoms with Gasteiger partial charge in [-0.05, 0) is 74.2 Å². The minimum atomic E-state index is -2.28. The molecule has 0 amide bonds. The van der Waals surface area contributed by atoms with Gasteiger partial charge >= 0.3 is 17.9 Å². The minimum Gasteiger partial charge on any atom is -0.496 e. The third-order valence-corrected chi connectivity index (χ3v) is 15.3. The highest BCUT2D eigenvalue weighted by Crippen LogP contribution is 2.68. The summed E-state index contributed by atoms with van der Waals surface area (Å²) in [4.78, 5) is 51.9. The van der Waals surface area contributed by atoms with Crippen LogP contribution in [0.4, 0.5) is 5.69 Å². The minimum absolute atomic E-state index is 0.0943. The number of H-pyrrole nitrogens is 1. The molecular weight excluding hydrogens is 753 g/mol. The van der Waals surface area contributed by atoms with E-state index in [2.05, 4.69) is 39.1 Å². The molecule has 316 valence electrons. The second kappa shape index (κ2) is 13.8. The Morgan fingerprint density at radius 3 is 2.44 bits per heavy atom. The van der Waals surface area contributed by atoms with E-state index in [9.17, 15) is 19.8 Å². The fourth-order valence-electron chi connectivity index (χ4n) is 13.4. The van der Waals surface area contributed by atoms with E-state index in [4.69, 9.17) is 18.9 Å². The summed E-state index contributed by atoms with van der Waals surface area (Å²) >= 11 is 0. The number of fused-ring (bicyclic) bond motifs is 6. The molecule has 5 aliphatic heterocycles. The van der Waals surface area contributed by atoms with Crippen LogP contribution in [0.2, 0.25) is 0 Å². The molecule has 59 heavy (non-hydrogen) atoms. The predicted molar refractivity (Wildman–Crippen MR) is 220 cm³/mol. The van der Waals surface area contributed by atoms with Crippen LogP contribution in [0.1, 0.15) is 82.2 Å². The van der Waals surface area contributed by atoms with Crippen molar-refractivity contribution in [3.63, 3.8) is 0 Å². The number of likely N-dealkylation sites (N-methyl/N-ethyl adjacent to an activating group) is 1. The van der Waals surface area contributed by atoms with Crippen LogP contribution in [0.3, 0.4) is 0 Å². The standard InChI is InChI=1S/C46H58N4O9/c1-8-42(54)23-29-24-45(41(53)57-7,37-31(15-19-49(25-29)26-42)30-13-10-11-14-34(30)47-37)33-21-32-35(22-36(33)56-6)48(5)39-44(32)17-20-50-18-12-16-43(9-2,38(44)50)40(58-27(3)51)46(39,55)59-28(4)52/h10-14,16,21-22,29,38-40,47,54-55H,8-9,15,17-20,23-26H2,1-7H3/t29?,38?,39?,40-,42-,43+,44?,45-,46+/m0/s1. The highest BCUT2D eigenvalue weighted by molar-refractivity contribution is 5.94. The predicted octanol–water partition coefficient (Wildman–Crippen LogP) is 4.34. The molecule has 6 aliphatic rings. The summed E-state index contributed by atoms with van der Waals surface area (Å²) in [5, 5.41) is 26.3. The molecule has 2 bridgehead atoms. The van der Waals surface area contributed by atoms with E-state index in [1.165, 1.54) is 21.0 Å². The molecule has 3 fully saturated rings. The Labute approximate surface area is 345 Å². The summed E-state index contributed by atoms with van der Waals surface area (Å²) in [5.41, 5.74) is 0.799. The molecule has 9 rings (SSSR count). The van der Waals surface area contributed by atoms with E-state index >= 15 is 4.79 Å². The monoisotopic (exact) mass is 810 g/mol. The van der Waals surface area contributed by atoms with E-state index in [0.717, 1.165) is 33.4 Å². The molecule has 5 unspecified atom stereocenters. The molecular formula is C46H58N4O9. The van der Waals surface area contributed by atoms with Gasteiger partial charge in [-0.15, -0.1) is 0 Å². The molecule has 1 aromatic heterocycles. The maximum atomic E-state index is 15.3. The number of rotatable bonds is 7. The number of aliphatic hydroxyl groups is 2. The van der Waals surface area contributed by atoms with E-state index in [1.807, 2.05) is 50.1 Å². The van der Waals surface area contributed by atoms with E-state index < -0.39 is 57.7 Å². The Morgan fingerprint density at radius 2 is 1.75 bits per heavy atom. The normalized spacial score (nSPS) is 37.0. The number of hydrogen-bond acceptors (Lipinski definition) is 12. The number of ether oxygens (including phenoxy) is 4. The van der Waals surface area contributed by atoms with Gasteiger partial charge in [0.25, 0.3) is 5.79 Å². The summed E-state index contributed by atoms with van der Waals surface area (Å²) in [7, 11) is 4.92. The van der Waals surface area contributed by atoms with Gasteiger partial charge in [0.05, 0.1) is 19.8 Å². The van der Waals surface area contributed by atoms with Gasteiger partial charge in [0, 0.05) is 97.9 Å². The van der Waals surface area contributed by atoms with E-state index in [0.29, 0.717) is 82.6 Å². The number of para-hydroxylation sites is 1. The molecule has 2 saturated heterocycles. The SMILES string of the molecule is CC[C@]1(O)CC2CN(CCc3c([nH]c4ccccc34)[C@@](C(=O)OC)(c3cc4c(cc3OC)N(C)C3C45CCN4CC=C[C@](CC)(C45)[C@H](OC(C)=O)[C@]3(O)OC(C)=O)C2)C1. The van der Waals surface area contributed by atoms with Gasteiger partial charge in [0.15, 0.2) is 6.10 Å². The molecule has 1 spiro atoms. The van der Waals surface area contributed by atoms with Gasteiger partial charge in [-0.3, -0.25) is 24.2 Å². The van der Waals surface area contributed by atoms with Gasteiger partial charge in [-0.1, -0.05) is 44.2 Å². The van der Waals surface area contributed by atoms with Gasteiger partial charge in [0.1, 0.15) is 17.2 Å². The van der Waals surface area contributed by atoms with E-state index in [1.54, 1.807) is 7.11 Å². The summed E-state index contributed by atoms with van der Waals surface area (Å²) in [6, 6.07) is 11.0. The zero-order valence-corrected chi connectivity index (χ0v) is 35.3. The molecule has 6 heterocycles. The van der Waals surface area contributed by atoms with Crippen molar-refractivity contribution in [1.29, 1.82) is 0 Å². The number of hydrogen-bond donors (Lipinski definition) is 3. The largest absolute Gasteiger partial charge is 0.496 e. The maximum Gasteiger partial charge on any atom is 0.322 e. The first kappa shape index (κ1) is 40.0. The third kappa shape index (κ3) is 5.39. The highest BCUT2D eigenvalue weighted by Gasteiger charge is 2.79. The fraction of sp³-hybridized carbons (Fsp3) is 0.587. The van der Waals surface area contributed by atoms with Crippen molar-refractivity contribution in [2.45, 2.75) is 107 Å². The molecule has 13 nitrogen and oxygen atoms in total. The number of carbonyl (C=O) groups is 3. The molecule has 2 aromatic carbocycles. The number of esters is 3. The zero-order chi connectivity index (χ0) is 41.9. The number of anilines is 1. The lowest BCUT2D eigenvalue weighted by molar-refractivity contribution is -0.309. The zero-order valence-electron chi connectivity index (χ0n) is 35.3. The van der Waals surface area contributed by atoms with Crippen molar-refractivity contribution >= 4 is 34.5 Å². The maximum absolute atomic E-state index is 15.3. The lowest BCUT2D eigenvalue weighted by atomic mass is 9.50. The number of aromatic nitrogens is 1. The quantitative estimate of drug-likeness (QED) is 0.135. The fourth-order valence-corrected chi connectivity index (χ4v) is 13.4. The van der Waals surface area contributed by atoms with E-state index in [-0.39, 0.29) is 12.0 Å². The lowest BCUT2D eigenvalue weighted by Gasteiger charge is -2.63. The van der Waals surface area contributed by atoms with Crippen molar-refractivity contribution in [3.05, 3.63) is 70.9 Å². The summed E-state index contributed by atoms with van der Waals surface area (Å²) in [6.07, 6.45) is 6.06. The molecule has 0 radical (unpaired) electrons. The van der Waals surface area contributed by atoms with Gasteiger partial charge in [-0.2, -0.15) is 0 Å². The second-order valence-corrected chi connectivity index (χ2v) is 18.2. The van der Waals surface area contributed by atoms with Crippen LogP contribution in [0.15, 0.2) is 48.6 Å². The van der Waals surface area contributed by atoms with Crippen molar-refractivity contribution in [1.82, 2.24) is 14.8 Å². The van der Waals surface area contributed by atoms with Crippen molar-refractivity contribution in [2.75, 3.05) is 58.9 Å². The first-order valence-corrected chi connectivity index (χ1v) is 21.3. The van der Waals surface area contributed by atoms with Crippen molar-refractivity contribution in [3.8, 4) is 5.75 Å². The van der Waals surface area contributed by atoms with Crippen LogP contribution < -0.4 is 9.64 Å². The number of nitrogens with zero attached hydrogens (tertiary/aromatic N) is 3. The lowest BCUT2D eigenvalue weighted by Crippen LogP contribution is -2.80. The van der Waals surface area contributed by atoms with Crippen LogP contribution in [0.25, 0.3) is 10.9 Å². The molecule has 1 saturated carbocycles. The number of methoxy groups -OCH3 is 2. The first-order chi connectivity index (χ1) is 28.2. The van der Waals surface area contributed by atoms with Gasteiger partial charge in [-0.25, -0.2) is 0 Å². The van der Waals surface area contributed by atoms with Crippen molar-refractivity contribution in [2.24, 2.45) is 11.3 Å². The number of piperidine rings is 1. The number of benzene rings is 2. The third-order valence-electron chi connectivity index (χ3n) is 15.3. The second-order valence-electron chi connectivity index (χ2n) is 18.2. The van der Waals surface area contributed by atoms with Crippen LogP contribution in [-0.4, -0.2) is 126 Å². The Hall–Kier alpha value is -4.43. The summed E-state index contributed by atoms with van der Waals surface area (Å²) in [5.74, 6) is -3.63. The summed E-state index contributed by atoms with van der Waals surface area (Å²) in [6.45, 7) is 9.94. The molecule has 10 atom stereocenters. The molecule has 3 N–H and O–H groups in total. The Bertz CT molecular complexity index is 2260. The van der Waals surface area contributed by atoms with Crippen LogP contribution in [0.5, 0.6) is 5.75 Å². The van der Waals surface area contributed by atoms with Crippen LogP contribution in [0, 0.1) is 11.3 Å². The number of nitrogens with one attached hydrogen (secondary N) is 1. The molecule has 13 heteroatoms. The van der Waals surface area contributed by atoms with Crippen molar-refractivity contribution < 1.29 is 43.5 Å².